The van der Waals surface area contributed by atoms with E-state index in [1.165, 1.54) is 19.2 Å². The number of para-hydroxylation sites is 1. The highest BCUT2D eigenvalue weighted by molar-refractivity contribution is 6.06. The highest BCUT2D eigenvalue weighted by Crippen LogP contribution is 2.47. The number of allylic oxidation sites excluding steroid dienone is 2. The van der Waals surface area contributed by atoms with Gasteiger partial charge in [0.05, 0.1) is 19.1 Å². The SMILES string of the molecule is COC(=O)C1C(C)=NC(C)=C(c2ccccc2OC)C1c1cccc([N+](=O)[O-])c1. The van der Waals surface area contributed by atoms with Crippen molar-refractivity contribution in [2.75, 3.05) is 14.2 Å². The quantitative estimate of drug-likeness (QED) is 0.426. The maximum absolute atomic E-state index is 12.7. The van der Waals surface area contributed by atoms with Gasteiger partial charge in [-0.1, -0.05) is 30.3 Å². The second kappa shape index (κ2) is 8.26. The summed E-state index contributed by atoms with van der Waals surface area (Å²) in [4.78, 5) is 28.2. The summed E-state index contributed by atoms with van der Waals surface area (Å²) < 4.78 is 10.6. The van der Waals surface area contributed by atoms with Crippen LogP contribution >= 0.6 is 0 Å². The molecule has 0 radical (unpaired) electrons. The van der Waals surface area contributed by atoms with Gasteiger partial charge in [-0.05, 0) is 31.1 Å². The molecule has 1 aliphatic rings. The Labute approximate surface area is 168 Å². The molecule has 0 N–H and O–H groups in total. The molecule has 1 aliphatic heterocycles. The average Bonchev–Trinajstić information content (AvgIpc) is 2.72. The highest BCUT2D eigenvalue weighted by Gasteiger charge is 2.40. The minimum atomic E-state index is -0.703. The molecule has 0 saturated carbocycles. The Hall–Kier alpha value is -3.48. The first kappa shape index (κ1) is 20.3. The van der Waals surface area contributed by atoms with Crippen LogP contribution in [-0.2, 0) is 9.53 Å². The molecule has 0 aromatic heterocycles. The lowest BCUT2D eigenvalue weighted by atomic mass is 9.73. The lowest BCUT2D eigenvalue weighted by Crippen LogP contribution is -2.33. The van der Waals surface area contributed by atoms with Crippen LogP contribution in [0.5, 0.6) is 5.75 Å². The first-order chi connectivity index (χ1) is 13.9. The van der Waals surface area contributed by atoms with Gasteiger partial charge >= 0.3 is 5.97 Å². The second-order valence-electron chi connectivity index (χ2n) is 6.78. The molecule has 0 bridgehead atoms. The molecule has 29 heavy (non-hydrogen) atoms. The number of nitro groups is 1. The van der Waals surface area contributed by atoms with Crippen molar-refractivity contribution in [2.24, 2.45) is 10.9 Å². The fraction of sp³-hybridized carbons (Fsp3) is 0.273. The topological polar surface area (TPSA) is 91.0 Å². The van der Waals surface area contributed by atoms with Crippen LogP contribution in [0.1, 0.15) is 30.9 Å². The summed E-state index contributed by atoms with van der Waals surface area (Å²) in [5.74, 6) is -1.01. The van der Waals surface area contributed by atoms with Gasteiger partial charge in [0.2, 0.25) is 0 Å². The van der Waals surface area contributed by atoms with E-state index in [4.69, 9.17) is 9.47 Å². The Balaban J connectivity index is 2.30. The smallest absolute Gasteiger partial charge is 0.315 e. The number of ether oxygens (including phenoxy) is 2. The molecule has 0 spiro atoms. The van der Waals surface area contributed by atoms with E-state index in [-0.39, 0.29) is 5.69 Å². The number of aliphatic imine (C=N–C) groups is 1. The zero-order chi connectivity index (χ0) is 21.1. The molecule has 3 rings (SSSR count). The molecule has 2 unspecified atom stereocenters. The van der Waals surface area contributed by atoms with E-state index in [1.807, 2.05) is 31.2 Å². The molecule has 0 saturated heterocycles. The molecule has 7 nitrogen and oxygen atoms in total. The predicted octanol–water partition coefficient (Wildman–Crippen LogP) is 4.38. The van der Waals surface area contributed by atoms with E-state index in [1.54, 1.807) is 26.2 Å². The number of carbonyl (C=O) groups excluding carboxylic acids is 1. The molecule has 150 valence electrons. The van der Waals surface area contributed by atoms with E-state index in [2.05, 4.69) is 4.99 Å². The van der Waals surface area contributed by atoms with Crippen molar-refractivity contribution in [3.63, 3.8) is 0 Å². The van der Waals surface area contributed by atoms with Gasteiger partial charge in [-0.3, -0.25) is 19.9 Å². The van der Waals surface area contributed by atoms with Crippen molar-refractivity contribution >= 4 is 22.9 Å². The van der Waals surface area contributed by atoms with Crippen molar-refractivity contribution in [2.45, 2.75) is 19.8 Å². The Morgan fingerprint density at radius 3 is 2.48 bits per heavy atom. The minimum absolute atomic E-state index is 0.0386. The van der Waals surface area contributed by atoms with Crippen LogP contribution in [0.4, 0.5) is 5.69 Å². The van der Waals surface area contributed by atoms with Crippen LogP contribution in [0, 0.1) is 16.0 Å². The van der Waals surface area contributed by atoms with Crippen LogP contribution in [-0.4, -0.2) is 30.8 Å². The van der Waals surface area contributed by atoms with E-state index >= 15 is 0 Å². The average molecular weight is 394 g/mol. The number of non-ortho nitro benzene ring substituents is 1. The van der Waals surface area contributed by atoms with Gasteiger partial charge in [0, 0.05) is 35.0 Å². The number of carbonyl (C=O) groups is 1. The second-order valence-corrected chi connectivity index (χ2v) is 6.78. The molecular formula is C22H22N2O5. The van der Waals surface area contributed by atoms with Gasteiger partial charge in [0.15, 0.2) is 0 Å². The van der Waals surface area contributed by atoms with Crippen LogP contribution < -0.4 is 4.74 Å². The van der Waals surface area contributed by atoms with Crippen molar-refractivity contribution in [3.05, 3.63) is 75.5 Å². The Kier molecular flexibility index (Phi) is 5.77. The first-order valence-electron chi connectivity index (χ1n) is 9.10. The molecule has 2 aromatic rings. The third-order valence-electron chi connectivity index (χ3n) is 5.12. The normalized spacial score (nSPS) is 18.8. The van der Waals surface area contributed by atoms with Crippen molar-refractivity contribution < 1.29 is 19.2 Å². The molecule has 0 fully saturated rings. The monoisotopic (exact) mass is 394 g/mol. The van der Waals surface area contributed by atoms with Crippen molar-refractivity contribution in [1.82, 2.24) is 0 Å². The lowest BCUT2D eigenvalue weighted by molar-refractivity contribution is -0.384. The number of nitro benzene ring substituents is 1. The summed E-state index contributed by atoms with van der Waals surface area (Å²) in [6.07, 6.45) is 0. The molecule has 2 aromatic carbocycles. The largest absolute Gasteiger partial charge is 0.496 e. The summed E-state index contributed by atoms with van der Waals surface area (Å²) >= 11 is 0. The number of benzene rings is 2. The fourth-order valence-electron chi connectivity index (χ4n) is 3.88. The Morgan fingerprint density at radius 2 is 1.83 bits per heavy atom. The number of hydrogen-bond acceptors (Lipinski definition) is 6. The predicted molar refractivity (Wildman–Crippen MR) is 110 cm³/mol. The minimum Gasteiger partial charge on any atom is -0.496 e. The Bertz CT molecular complexity index is 1030. The third-order valence-corrected chi connectivity index (χ3v) is 5.12. The molecule has 1 heterocycles. The fourth-order valence-corrected chi connectivity index (χ4v) is 3.88. The summed E-state index contributed by atoms with van der Waals surface area (Å²) in [7, 11) is 2.90. The van der Waals surface area contributed by atoms with Gasteiger partial charge in [-0.25, -0.2) is 0 Å². The van der Waals surface area contributed by atoms with Gasteiger partial charge in [0.25, 0.3) is 5.69 Å². The van der Waals surface area contributed by atoms with Crippen molar-refractivity contribution in [1.29, 1.82) is 0 Å². The molecular weight excluding hydrogens is 372 g/mol. The molecule has 2 atom stereocenters. The maximum Gasteiger partial charge on any atom is 0.315 e. The number of hydrogen-bond donors (Lipinski definition) is 0. The van der Waals surface area contributed by atoms with Crippen LogP contribution in [0.15, 0.2) is 59.2 Å². The van der Waals surface area contributed by atoms with E-state index in [0.717, 1.165) is 16.8 Å². The van der Waals surface area contributed by atoms with Gasteiger partial charge in [0.1, 0.15) is 11.7 Å². The number of rotatable bonds is 5. The third kappa shape index (κ3) is 3.76. The van der Waals surface area contributed by atoms with Crippen LogP contribution in [0.3, 0.4) is 0 Å². The highest BCUT2D eigenvalue weighted by atomic mass is 16.6. The van der Waals surface area contributed by atoms with E-state index in [0.29, 0.717) is 17.0 Å². The number of nitrogens with zero attached hydrogens (tertiary/aromatic N) is 2. The van der Waals surface area contributed by atoms with Gasteiger partial charge < -0.3 is 9.47 Å². The zero-order valence-electron chi connectivity index (χ0n) is 16.7. The summed E-state index contributed by atoms with van der Waals surface area (Å²) in [6, 6.07) is 13.8. The number of methoxy groups -OCH3 is 2. The van der Waals surface area contributed by atoms with Gasteiger partial charge in [-0.2, -0.15) is 0 Å². The zero-order valence-corrected chi connectivity index (χ0v) is 16.7. The molecule has 0 aliphatic carbocycles. The standard InChI is InChI=1S/C22H22N2O5/c1-13-19(17-10-5-6-11-18(17)28-3)21(20(14(2)23-13)22(25)29-4)15-8-7-9-16(12-15)24(26)27/h5-12,20-21H,1-4H3. The Morgan fingerprint density at radius 1 is 1.10 bits per heavy atom. The maximum atomic E-state index is 12.7. The van der Waals surface area contributed by atoms with Crippen molar-refractivity contribution in [3.8, 4) is 5.75 Å². The number of esters is 1. The van der Waals surface area contributed by atoms with E-state index in [9.17, 15) is 14.9 Å². The first-order valence-corrected chi connectivity index (χ1v) is 9.10. The van der Waals surface area contributed by atoms with Crippen LogP contribution in [0.25, 0.3) is 5.57 Å². The van der Waals surface area contributed by atoms with Crippen LogP contribution in [0.2, 0.25) is 0 Å². The summed E-state index contributed by atoms with van der Waals surface area (Å²) in [5.41, 5.74) is 3.50. The van der Waals surface area contributed by atoms with E-state index < -0.39 is 22.7 Å². The van der Waals surface area contributed by atoms with Gasteiger partial charge in [-0.15, -0.1) is 0 Å². The molecule has 0 amide bonds. The summed E-state index contributed by atoms with van der Waals surface area (Å²) in [5, 5.41) is 11.3. The summed E-state index contributed by atoms with van der Waals surface area (Å²) in [6.45, 7) is 3.64. The lowest BCUT2D eigenvalue weighted by Gasteiger charge is -2.33. The molecule has 7 heteroatoms.